The molecule has 25 heavy (non-hydrogen) atoms. The van der Waals surface area contributed by atoms with Crippen LogP contribution >= 0.6 is 0 Å². The molecule has 0 unspecified atom stereocenters. The summed E-state index contributed by atoms with van der Waals surface area (Å²) in [4.78, 5) is 12.6. The van der Waals surface area contributed by atoms with Crippen LogP contribution < -0.4 is 4.74 Å². The molecule has 0 radical (unpaired) electrons. The molecule has 0 aliphatic carbocycles. The van der Waals surface area contributed by atoms with E-state index in [2.05, 4.69) is 5.10 Å². The van der Waals surface area contributed by atoms with Gasteiger partial charge in [-0.2, -0.15) is 5.10 Å². The number of nitrogens with zero attached hydrogens (tertiary/aromatic N) is 2. The topological polar surface area (TPSA) is 41.9 Å². The fourth-order valence-electron chi connectivity index (χ4n) is 2.80. The maximum absolute atomic E-state index is 12.6. The van der Waals surface area contributed by atoms with Crippen LogP contribution in [0.4, 0.5) is 0 Å². The van der Waals surface area contributed by atoms with Crippen molar-refractivity contribution in [3.8, 4) is 5.75 Å². The summed E-state index contributed by atoms with van der Waals surface area (Å²) < 4.78 is 5.84. The number of carbonyl (C=O) groups is 1. The molecule has 130 valence electrons. The molecule has 0 bridgehead atoms. The fraction of sp³-hybridized carbons (Fsp3) is 0.333. The molecule has 0 spiro atoms. The van der Waals surface area contributed by atoms with Crippen LogP contribution in [0.1, 0.15) is 48.7 Å². The summed E-state index contributed by atoms with van der Waals surface area (Å²) in [6.07, 6.45) is 0.761. The number of ether oxygens (including phenoxy) is 1. The summed E-state index contributed by atoms with van der Waals surface area (Å²) in [7, 11) is 0. The Bertz CT molecular complexity index is 801. The van der Waals surface area contributed by atoms with E-state index < -0.39 is 0 Å². The molecular weight excluding hydrogens is 312 g/mol. The van der Waals surface area contributed by atoms with Crippen LogP contribution in [-0.2, 0) is 0 Å². The Balaban J connectivity index is 1.74. The maximum atomic E-state index is 12.6. The Hall–Kier alpha value is -2.62. The molecule has 4 heteroatoms. The zero-order valence-electron chi connectivity index (χ0n) is 15.2. The number of benzene rings is 2. The van der Waals surface area contributed by atoms with Crippen molar-refractivity contribution < 1.29 is 9.53 Å². The molecule has 0 atom stereocenters. The third-order valence-electron chi connectivity index (χ3n) is 3.91. The second-order valence-electron chi connectivity index (χ2n) is 7.33. The summed E-state index contributed by atoms with van der Waals surface area (Å²) in [5.74, 6) is 0.786. The summed E-state index contributed by atoms with van der Waals surface area (Å²) >= 11 is 0. The van der Waals surface area contributed by atoms with Crippen molar-refractivity contribution in [3.63, 3.8) is 0 Å². The van der Waals surface area contributed by atoms with E-state index in [9.17, 15) is 4.79 Å². The van der Waals surface area contributed by atoms with E-state index in [0.29, 0.717) is 12.1 Å². The number of carbonyl (C=O) groups excluding carboxylic acids is 1. The summed E-state index contributed by atoms with van der Waals surface area (Å²) in [5, 5.41) is 6.09. The molecule has 1 aliphatic heterocycles. The first-order valence-electron chi connectivity index (χ1n) is 8.57. The highest BCUT2D eigenvalue weighted by atomic mass is 16.5. The lowest BCUT2D eigenvalue weighted by molar-refractivity contribution is 0.0778. The van der Waals surface area contributed by atoms with Crippen LogP contribution in [0.2, 0.25) is 0 Å². The normalized spacial score (nSPS) is 14.4. The average molecular weight is 336 g/mol. The van der Waals surface area contributed by atoms with Gasteiger partial charge in [0, 0.05) is 12.0 Å². The number of rotatable bonds is 3. The highest BCUT2D eigenvalue weighted by Crippen LogP contribution is 2.22. The standard InChI is InChI=1S/C21H24N2O2/c1-15-6-5-7-17(14-15)20(24)23-13-12-19(22-23)16-8-10-18(11-9-16)25-21(2,3)4/h5-11,14H,12-13H2,1-4H3. The van der Waals surface area contributed by atoms with Crippen molar-refractivity contribution in [1.82, 2.24) is 5.01 Å². The van der Waals surface area contributed by atoms with Crippen LogP contribution in [0, 0.1) is 6.92 Å². The third-order valence-corrected chi connectivity index (χ3v) is 3.91. The Kier molecular flexibility index (Phi) is 4.62. The van der Waals surface area contributed by atoms with Crippen molar-refractivity contribution in [1.29, 1.82) is 0 Å². The molecule has 2 aromatic rings. The Labute approximate surface area is 149 Å². The van der Waals surface area contributed by atoms with E-state index in [-0.39, 0.29) is 11.5 Å². The summed E-state index contributed by atoms with van der Waals surface area (Å²) in [6.45, 7) is 8.67. The van der Waals surface area contributed by atoms with Gasteiger partial charge in [0.2, 0.25) is 0 Å². The zero-order chi connectivity index (χ0) is 18.0. The van der Waals surface area contributed by atoms with Gasteiger partial charge in [-0.3, -0.25) is 4.79 Å². The van der Waals surface area contributed by atoms with Crippen molar-refractivity contribution in [3.05, 3.63) is 65.2 Å². The van der Waals surface area contributed by atoms with Gasteiger partial charge in [-0.15, -0.1) is 0 Å². The van der Waals surface area contributed by atoms with Crippen molar-refractivity contribution in [2.24, 2.45) is 5.10 Å². The molecule has 3 rings (SSSR count). The summed E-state index contributed by atoms with van der Waals surface area (Å²) in [6, 6.07) is 15.5. The molecule has 0 saturated heterocycles. The predicted molar refractivity (Wildman–Crippen MR) is 100 cm³/mol. The molecule has 0 N–H and O–H groups in total. The lowest BCUT2D eigenvalue weighted by atomic mass is 10.1. The molecule has 2 aromatic carbocycles. The predicted octanol–water partition coefficient (Wildman–Crippen LogP) is 4.42. The lowest BCUT2D eigenvalue weighted by Crippen LogP contribution is -2.23. The highest BCUT2D eigenvalue weighted by Gasteiger charge is 2.23. The van der Waals surface area contributed by atoms with Gasteiger partial charge in [-0.25, -0.2) is 5.01 Å². The second kappa shape index (κ2) is 6.71. The minimum Gasteiger partial charge on any atom is -0.488 e. The minimum atomic E-state index is -0.219. The van der Waals surface area contributed by atoms with Gasteiger partial charge in [0.25, 0.3) is 5.91 Å². The Morgan fingerprint density at radius 1 is 1.12 bits per heavy atom. The van der Waals surface area contributed by atoms with E-state index in [1.807, 2.05) is 76.2 Å². The van der Waals surface area contributed by atoms with Gasteiger partial charge in [0.15, 0.2) is 0 Å². The first-order valence-corrected chi connectivity index (χ1v) is 8.57. The molecule has 1 heterocycles. The van der Waals surface area contributed by atoms with E-state index in [1.165, 1.54) is 0 Å². The Morgan fingerprint density at radius 2 is 1.84 bits per heavy atom. The molecule has 0 aromatic heterocycles. The molecule has 1 aliphatic rings. The van der Waals surface area contributed by atoms with Crippen molar-refractivity contribution in [2.75, 3.05) is 6.54 Å². The molecular formula is C21H24N2O2. The van der Waals surface area contributed by atoms with E-state index in [1.54, 1.807) is 5.01 Å². The number of aryl methyl sites for hydroxylation is 1. The number of hydrogen-bond acceptors (Lipinski definition) is 3. The van der Waals surface area contributed by atoms with E-state index in [4.69, 9.17) is 4.74 Å². The van der Waals surface area contributed by atoms with Gasteiger partial charge < -0.3 is 4.74 Å². The largest absolute Gasteiger partial charge is 0.488 e. The quantitative estimate of drug-likeness (QED) is 0.832. The van der Waals surface area contributed by atoms with Gasteiger partial charge in [0.1, 0.15) is 11.4 Å². The minimum absolute atomic E-state index is 0.0496. The Morgan fingerprint density at radius 3 is 2.48 bits per heavy atom. The van der Waals surface area contributed by atoms with Crippen molar-refractivity contribution >= 4 is 11.6 Å². The zero-order valence-corrected chi connectivity index (χ0v) is 15.2. The van der Waals surface area contributed by atoms with Crippen LogP contribution in [0.15, 0.2) is 53.6 Å². The second-order valence-corrected chi connectivity index (χ2v) is 7.33. The van der Waals surface area contributed by atoms with Gasteiger partial charge in [-0.05, 0) is 69.7 Å². The third kappa shape index (κ3) is 4.27. The van der Waals surface area contributed by atoms with Crippen LogP contribution in [0.5, 0.6) is 5.75 Å². The first-order chi connectivity index (χ1) is 11.8. The SMILES string of the molecule is Cc1cccc(C(=O)N2CCC(c3ccc(OC(C)(C)C)cc3)=N2)c1. The average Bonchev–Trinajstić information content (AvgIpc) is 3.03. The molecule has 1 amide bonds. The molecule has 4 nitrogen and oxygen atoms in total. The number of amides is 1. The van der Waals surface area contributed by atoms with Crippen LogP contribution in [-0.4, -0.2) is 28.8 Å². The van der Waals surface area contributed by atoms with Gasteiger partial charge in [0.05, 0.1) is 12.3 Å². The monoisotopic (exact) mass is 336 g/mol. The van der Waals surface area contributed by atoms with E-state index in [0.717, 1.165) is 29.0 Å². The molecule has 0 saturated carbocycles. The van der Waals surface area contributed by atoms with Crippen LogP contribution in [0.3, 0.4) is 0 Å². The maximum Gasteiger partial charge on any atom is 0.273 e. The number of hydrogen-bond donors (Lipinski definition) is 0. The van der Waals surface area contributed by atoms with Crippen LogP contribution in [0.25, 0.3) is 0 Å². The smallest absolute Gasteiger partial charge is 0.273 e. The van der Waals surface area contributed by atoms with Gasteiger partial charge in [-0.1, -0.05) is 17.7 Å². The summed E-state index contributed by atoms with van der Waals surface area (Å²) in [5.41, 5.74) is 3.50. The lowest BCUT2D eigenvalue weighted by Gasteiger charge is -2.21. The molecule has 0 fully saturated rings. The highest BCUT2D eigenvalue weighted by molar-refractivity contribution is 6.04. The fourth-order valence-corrected chi connectivity index (χ4v) is 2.80. The van der Waals surface area contributed by atoms with E-state index >= 15 is 0 Å². The first kappa shape index (κ1) is 17.2. The van der Waals surface area contributed by atoms with Crippen molar-refractivity contribution in [2.45, 2.75) is 39.7 Å². The number of hydrazone groups is 1. The van der Waals surface area contributed by atoms with Gasteiger partial charge >= 0.3 is 0 Å².